The summed E-state index contributed by atoms with van der Waals surface area (Å²) in [7, 11) is 1.66. The molecule has 0 aliphatic carbocycles. The first kappa shape index (κ1) is 11.0. The Morgan fingerprint density at radius 2 is 2.31 bits per heavy atom. The Labute approximate surface area is 83.1 Å². The predicted octanol–water partition coefficient (Wildman–Crippen LogP) is 1.54. The molecule has 1 heterocycles. The highest BCUT2D eigenvalue weighted by Crippen LogP contribution is 2.21. The van der Waals surface area contributed by atoms with Crippen molar-refractivity contribution >= 4 is 19.7 Å². The summed E-state index contributed by atoms with van der Waals surface area (Å²) in [6.07, 6.45) is 1.69. The molecule has 0 amide bonds. The minimum atomic E-state index is -3.43. The van der Waals surface area contributed by atoms with Gasteiger partial charge in [0.15, 0.2) is 0 Å². The fraction of sp³-hybridized carbons (Fsp3) is 0.750. The van der Waals surface area contributed by atoms with Crippen LogP contribution in [0.5, 0.6) is 0 Å². The molecule has 0 N–H and O–H groups in total. The van der Waals surface area contributed by atoms with E-state index in [0.29, 0.717) is 24.5 Å². The second-order valence-corrected chi connectivity index (χ2v) is 6.14. The van der Waals surface area contributed by atoms with Crippen molar-refractivity contribution in [1.82, 2.24) is 0 Å². The van der Waals surface area contributed by atoms with Crippen LogP contribution in [0.25, 0.3) is 0 Å². The number of halogens is 1. The monoisotopic (exact) mass is 224 g/mol. The van der Waals surface area contributed by atoms with Gasteiger partial charge in [-0.25, -0.2) is 8.42 Å². The fourth-order valence-electron chi connectivity index (χ4n) is 1.46. The average Bonchev–Trinajstić information content (AvgIpc) is 2.34. The van der Waals surface area contributed by atoms with Crippen LogP contribution in [0.4, 0.5) is 0 Å². The van der Waals surface area contributed by atoms with Gasteiger partial charge in [-0.3, -0.25) is 0 Å². The molecule has 76 valence electrons. The van der Waals surface area contributed by atoms with Crippen molar-refractivity contribution in [2.45, 2.75) is 12.8 Å². The Morgan fingerprint density at radius 1 is 1.62 bits per heavy atom. The lowest BCUT2D eigenvalue weighted by Gasteiger charge is -2.08. The molecule has 1 aliphatic rings. The molecule has 0 aromatic carbocycles. The SMILES string of the molecule is C=C(CC1CCOC1)CS(=O)(=O)Cl. The molecule has 0 aromatic rings. The molecule has 1 saturated heterocycles. The van der Waals surface area contributed by atoms with Gasteiger partial charge in [-0.05, 0) is 18.8 Å². The second-order valence-electron chi connectivity index (χ2n) is 3.37. The quantitative estimate of drug-likeness (QED) is 0.538. The van der Waals surface area contributed by atoms with Gasteiger partial charge < -0.3 is 4.74 Å². The highest BCUT2D eigenvalue weighted by Gasteiger charge is 2.18. The van der Waals surface area contributed by atoms with Crippen LogP contribution in [0.15, 0.2) is 12.2 Å². The molecule has 0 radical (unpaired) electrons. The number of ether oxygens (including phenoxy) is 1. The van der Waals surface area contributed by atoms with Crippen LogP contribution in [0.1, 0.15) is 12.8 Å². The summed E-state index contributed by atoms with van der Waals surface area (Å²) in [6, 6.07) is 0. The van der Waals surface area contributed by atoms with Crippen molar-refractivity contribution in [1.29, 1.82) is 0 Å². The zero-order valence-corrected chi connectivity index (χ0v) is 8.90. The summed E-state index contributed by atoms with van der Waals surface area (Å²) >= 11 is 0. The van der Waals surface area contributed by atoms with Crippen LogP contribution in [-0.4, -0.2) is 27.4 Å². The third-order valence-electron chi connectivity index (χ3n) is 1.98. The van der Waals surface area contributed by atoms with Gasteiger partial charge in [0.1, 0.15) is 0 Å². The Hall–Kier alpha value is -0.0600. The zero-order chi connectivity index (χ0) is 9.90. The Bertz CT molecular complexity index is 278. The molecule has 3 nitrogen and oxygen atoms in total. The fourth-order valence-corrected chi connectivity index (χ4v) is 2.52. The maximum absolute atomic E-state index is 10.7. The van der Waals surface area contributed by atoms with Gasteiger partial charge in [0.2, 0.25) is 9.05 Å². The summed E-state index contributed by atoms with van der Waals surface area (Å²) in [4.78, 5) is 0. The molecule has 1 rings (SSSR count). The normalized spacial score (nSPS) is 23.3. The second kappa shape index (κ2) is 4.44. The first-order chi connectivity index (χ1) is 5.97. The lowest BCUT2D eigenvalue weighted by Crippen LogP contribution is -2.06. The first-order valence-electron chi connectivity index (χ1n) is 4.14. The van der Waals surface area contributed by atoms with E-state index in [1.807, 2.05) is 0 Å². The maximum Gasteiger partial charge on any atom is 0.236 e. The minimum absolute atomic E-state index is 0.120. The molecule has 1 fully saturated rings. The topological polar surface area (TPSA) is 43.4 Å². The van der Waals surface area contributed by atoms with Crippen molar-refractivity contribution < 1.29 is 13.2 Å². The third kappa shape index (κ3) is 4.64. The molecular weight excluding hydrogens is 212 g/mol. The summed E-state index contributed by atoms with van der Waals surface area (Å²) in [5, 5.41) is 0. The van der Waals surface area contributed by atoms with E-state index in [2.05, 4.69) is 6.58 Å². The number of rotatable bonds is 4. The average molecular weight is 225 g/mol. The van der Waals surface area contributed by atoms with Gasteiger partial charge in [-0.15, -0.1) is 0 Å². The van der Waals surface area contributed by atoms with Crippen molar-refractivity contribution in [2.75, 3.05) is 19.0 Å². The molecule has 1 atom stereocenters. The van der Waals surface area contributed by atoms with Crippen molar-refractivity contribution in [3.8, 4) is 0 Å². The lowest BCUT2D eigenvalue weighted by molar-refractivity contribution is 0.186. The minimum Gasteiger partial charge on any atom is -0.381 e. The molecule has 0 spiro atoms. The molecule has 13 heavy (non-hydrogen) atoms. The summed E-state index contributed by atoms with van der Waals surface area (Å²) < 4.78 is 26.5. The first-order valence-corrected chi connectivity index (χ1v) is 6.62. The van der Waals surface area contributed by atoms with Crippen LogP contribution >= 0.6 is 10.7 Å². The lowest BCUT2D eigenvalue weighted by atomic mass is 10.0. The van der Waals surface area contributed by atoms with E-state index in [9.17, 15) is 8.42 Å². The largest absolute Gasteiger partial charge is 0.381 e. The highest BCUT2D eigenvalue weighted by molar-refractivity contribution is 8.13. The zero-order valence-electron chi connectivity index (χ0n) is 7.33. The summed E-state index contributed by atoms with van der Waals surface area (Å²) in [5.74, 6) is 0.302. The van der Waals surface area contributed by atoms with Gasteiger partial charge in [0.25, 0.3) is 0 Å². The molecule has 5 heteroatoms. The molecule has 0 saturated carbocycles. The van der Waals surface area contributed by atoms with Crippen molar-refractivity contribution in [2.24, 2.45) is 5.92 Å². The molecule has 0 aromatic heterocycles. The smallest absolute Gasteiger partial charge is 0.236 e. The Morgan fingerprint density at radius 3 is 2.77 bits per heavy atom. The van der Waals surface area contributed by atoms with E-state index in [0.717, 1.165) is 13.0 Å². The van der Waals surface area contributed by atoms with Gasteiger partial charge in [0, 0.05) is 23.9 Å². The summed E-state index contributed by atoms with van der Waals surface area (Å²) in [6.45, 7) is 5.16. The van der Waals surface area contributed by atoms with E-state index < -0.39 is 9.05 Å². The van der Waals surface area contributed by atoms with E-state index in [1.54, 1.807) is 0 Å². The molecular formula is C8H13ClO3S. The van der Waals surface area contributed by atoms with Crippen LogP contribution in [0.2, 0.25) is 0 Å². The van der Waals surface area contributed by atoms with Gasteiger partial charge in [0.05, 0.1) is 5.75 Å². The highest BCUT2D eigenvalue weighted by atomic mass is 35.7. The van der Waals surface area contributed by atoms with E-state index in [4.69, 9.17) is 15.4 Å². The van der Waals surface area contributed by atoms with Crippen LogP contribution in [-0.2, 0) is 13.8 Å². The maximum atomic E-state index is 10.7. The van der Waals surface area contributed by atoms with Crippen LogP contribution < -0.4 is 0 Å². The molecule has 1 aliphatic heterocycles. The molecule has 0 bridgehead atoms. The van der Waals surface area contributed by atoms with E-state index >= 15 is 0 Å². The van der Waals surface area contributed by atoms with Gasteiger partial charge in [-0.2, -0.15) is 0 Å². The number of hydrogen-bond donors (Lipinski definition) is 0. The van der Waals surface area contributed by atoms with E-state index in [1.165, 1.54) is 0 Å². The Balaban J connectivity index is 2.33. The van der Waals surface area contributed by atoms with Crippen molar-refractivity contribution in [3.05, 3.63) is 12.2 Å². The molecule has 1 unspecified atom stereocenters. The number of hydrogen-bond acceptors (Lipinski definition) is 3. The van der Waals surface area contributed by atoms with Crippen molar-refractivity contribution in [3.63, 3.8) is 0 Å². The van der Waals surface area contributed by atoms with Gasteiger partial charge >= 0.3 is 0 Å². The van der Waals surface area contributed by atoms with Crippen LogP contribution in [0.3, 0.4) is 0 Å². The Kier molecular flexibility index (Phi) is 3.76. The third-order valence-corrected chi connectivity index (χ3v) is 3.06. The summed E-state index contributed by atoms with van der Waals surface area (Å²) in [5.41, 5.74) is 0.672. The van der Waals surface area contributed by atoms with E-state index in [-0.39, 0.29) is 5.75 Å². The van der Waals surface area contributed by atoms with Gasteiger partial charge in [-0.1, -0.05) is 12.2 Å². The van der Waals surface area contributed by atoms with Crippen LogP contribution in [0, 0.1) is 5.92 Å². The standard InChI is InChI=1S/C8H13ClO3S/c1-7(6-13(9,10)11)4-8-2-3-12-5-8/h8H,1-6H2. The predicted molar refractivity (Wildman–Crippen MR) is 52.3 cm³/mol.